The molecule has 0 spiro atoms. The molecular weight excluding hydrogens is 1030 g/mol. The zero-order valence-electron chi connectivity index (χ0n) is 43.9. The average molecular weight is 1090 g/mol. The Labute approximate surface area is 465 Å². The van der Waals surface area contributed by atoms with Gasteiger partial charge in [0, 0.05) is 82.9 Å². The van der Waals surface area contributed by atoms with E-state index in [0.29, 0.717) is 11.5 Å². The summed E-state index contributed by atoms with van der Waals surface area (Å²) in [6.45, 7) is 15.7. The van der Waals surface area contributed by atoms with E-state index < -0.39 is 0 Å². The molecule has 0 atom stereocenters. The van der Waals surface area contributed by atoms with Crippen molar-refractivity contribution in [2.75, 3.05) is 9.80 Å². The van der Waals surface area contributed by atoms with Gasteiger partial charge >= 0.3 is 0 Å². The van der Waals surface area contributed by atoms with Gasteiger partial charge in [0.15, 0.2) is 0 Å². The summed E-state index contributed by atoms with van der Waals surface area (Å²) in [7, 11) is 0. The third kappa shape index (κ3) is 8.90. The topological polar surface area (TPSA) is 38.5 Å². The van der Waals surface area contributed by atoms with Crippen LogP contribution >= 0.6 is 0 Å². The van der Waals surface area contributed by atoms with Crippen LogP contribution < -0.4 is 14.5 Å². The van der Waals surface area contributed by atoms with Crippen molar-refractivity contribution in [3.63, 3.8) is 0 Å². The van der Waals surface area contributed by atoms with Crippen molar-refractivity contribution in [3.05, 3.63) is 255 Å². The number of hydrogen-bond acceptors (Lipinski definition) is 4. The molecule has 9 aromatic carbocycles. The molecule has 0 bridgehead atoms. The number of hydrogen-bond donors (Lipinski definition) is 0. The van der Waals surface area contributed by atoms with E-state index in [1.54, 1.807) is 0 Å². The first kappa shape index (κ1) is 49.4. The Morgan fingerprint density at radius 3 is 1.82 bits per heavy atom. The zero-order chi connectivity index (χ0) is 51.7. The fraction of sp³-hybridized carbons (Fsp3) is 0.114. The molecular formula is C70H56N5OPd-3. The smallest absolute Gasteiger partial charge is 0.135 e. The largest absolute Gasteiger partial charge is 0.509 e. The van der Waals surface area contributed by atoms with Crippen molar-refractivity contribution in [1.82, 2.24) is 14.1 Å². The fourth-order valence-electron chi connectivity index (χ4n) is 10.9. The van der Waals surface area contributed by atoms with Crippen LogP contribution in [0, 0.1) is 18.8 Å². The summed E-state index contributed by atoms with van der Waals surface area (Å²) < 4.78 is 11.5. The van der Waals surface area contributed by atoms with Gasteiger partial charge in [0.2, 0.25) is 0 Å². The maximum atomic E-state index is 6.86. The Morgan fingerprint density at radius 1 is 0.455 bits per heavy atom. The number of aromatic nitrogens is 3. The second-order valence-corrected chi connectivity index (χ2v) is 21.8. The Kier molecular flexibility index (Phi) is 12.6. The third-order valence-electron chi connectivity index (χ3n) is 14.8. The van der Waals surface area contributed by atoms with E-state index in [1.165, 1.54) is 22.3 Å². The van der Waals surface area contributed by atoms with Crippen molar-refractivity contribution in [3.8, 4) is 56.4 Å². The van der Waals surface area contributed by atoms with Crippen molar-refractivity contribution >= 4 is 55.6 Å². The van der Waals surface area contributed by atoms with E-state index in [9.17, 15) is 0 Å². The van der Waals surface area contributed by atoms with Gasteiger partial charge in [-0.2, -0.15) is 12.1 Å². The van der Waals surface area contributed by atoms with Crippen LogP contribution in [0.2, 0.25) is 0 Å². The molecule has 380 valence electrons. The molecule has 1 aliphatic rings. The number of fused-ring (bicyclic) bond motifs is 6. The summed E-state index contributed by atoms with van der Waals surface area (Å²) in [5.74, 6) is 1.98. The van der Waals surface area contributed by atoms with Gasteiger partial charge in [-0.3, -0.25) is 0 Å². The van der Waals surface area contributed by atoms with E-state index in [4.69, 9.17) is 9.72 Å². The van der Waals surface area contributed by atoms with E-state index in [-0.39, 0.29) is 31.3 Å². The van der Waals surface area contributed by atoms with E-state index >= 15 is 0 Å². The van der Waals surface area contributed by atoms with Crippen LogP contribution in [0.15, 0.2) is 225 Å². The van der Waals surface area contributed by atoms with Crippen molar-refractivity contribution in [2.24, 2.45) is 0 Å². The number of anilines is 4. The minimum atomic E-state index is -0.0838. The Hall–Kier alpha value is -8.47. The number of ether oxygens (including phenoxy) is 1. The SMILES string of the molecule is CC(C)(C)c1ccc(-c2cccc(-c3cccc(-c4ccccc4)c3)c2N2[CH-]N(c3[c-]c(Oc4[c-]c5c(cc4)c4c(c6ccccc6n4-c4ccccc4)n5-c4cc(C(C)(C)C)ccn4)ccc3)c3ccccc32)cc1.[Pd]. The molecule has 6 nitrogen and oxygen atoms in total. The molecule has 13 rings (SSSR count). The number of pyridine rings is 1. The van der Waals surface area contributed by atoms with Gasteiger partial charge in [-0.15, -0.1) is 42.7 Å². The van der Waals surface area contributed by atoms with Gasteiger partial charge in [0.25, 0.3) is 0 Å². The Bertz CT molecular complexity index is 4140. The molecule has 0 aliphatic carbocycles. The fourth-order valence-corrected chi connectivity index (χ4v) is 10.9. The van der Waals surface area contributed by atoms with Gasteiger partial charge in [-0.05, 0) is 92.7 Å². The molecule has 1 aliphatic heterocycles. The van der Waals surface area contributed by atoms with Crippen LogP contribution in [0.3, 0.4) is 0 Å². The van der Waals surface area contributed by atoms with Crippen LogP contribution in [-0.2, 0) is 31.3 Å². The number of rotatable bonds is 9. The molecule has 0 unspecified atom stereocenters. The maximum Gasteiger partial charge on any atom is 0.135 e. The molecule has 0 saturated carbocycles. The molecule has 0 fully saturated rings. The van der Waals surface area contributed by atoms with Crippen LogP contribution in [-0.4, -0.2) is 14.1 Å². The Morgan fingerprint density at radius 2 is 1.06 bits per heavy atom. The van der Waals surface area contributed by atoms with E-state index in [1.807, 2.05) is 24.4 Å². The first-order valence-corrected chi connectivity index (χ1v) is 26.1. The summed E-state index contributed by atoms with van der Waals surface area (Å²) in [4.78, 5) is 9.62. The van der Waals surface area contributed by atoms with E-state index in [0.717, 1.165) is 89.3 Å². The summed E-state index contributed by atoms with van der Waals surface area (Å²) in [6.07, 6.45) is 1.92. The van der Waals surface area contributed by atoms with E-state index in [2.05, 4.69) is 279 Å². The molecule has 3 aromatic heterocycles. The summed E-state index contributed by atoms with van der Waals surface area (Å²) in [6, 6.07) is 85.2. The quantitative estimate of drug-likeness (QED) is 0.107. The van der Waals surface area contributed by atoms with Crippen molar-refractivity contribution < 1.29 is 25.2 Å². The molecule has 0 radical (unpaired) electrons. The van der Waals surface area contributed by atoms with Gasteiger partial charge in [0.05, 0.1) is 11.0 Å². The predicted octanol–water partition coefficient (Wildman–Crippen LogP) is 18.5. The summed E-state index contributed by atoms with van der Waals surface area (Å²) in [5.41, 5.74) is 18.6. The van der Waals surface area contributed by atoms with Crippen molar-refractivity contribution in [2.45, 2.75) is 52.4 Å². The number of para-hydroxylation sites is 5. The van der Waals surface area contributed by atoms with Crippen LogP contribution in [0.4, 0.5) is 22.7 Å². The second-order valence-electron chi connectivity index (χ2n) is 21.8. The molecule has 0 N–H and O–H groups in total. The first-order chi connectivity index (χ1) is 37.0. The first-order valence-electron chi connectivity index (χ1n) is 26.1. The van der Waals surface area contributed by atoms with Crippen molar-refractivity contribution in [1.29, 1.82) is 0 Å². The molecule has 4 heterocycles. The molecule has 7 heteroatoms. The van der Waals surface area contributed by atoms with Crippen LogP contribution in [0.1, 0.15) is 52.7 Å². The zero-order valence-corrected chi connectivity index (χ0v) is 45.5. The Balaban J connectivity index is 0.00000596. The van der Waals surface area contributed by atoms with Gasteiger partial charge < -0.3 is 23.7 Å². The summed E-state index contributed by atoms with van der Waals surface area (Å²) in [5, 5.41) is 2.17. The third-order valence-corrected chi connectivity index (χ3v) is 14.8. The average Bonchev–Trinajstić information content (AvgIpc) is 4.33. The maximum absolute atomic E-state index is 6.86. The number of benzene rings is 9. The molecule has 12 aromatic rings. The number of nitrogens with zero attached hydrogens (tertiary/aromatic N) is 5. The van der Waals surface area contributed by atoms with Gasteiger partial charge in [-0.25, -0.2) is 4.98 Å². The van der Waals surface area contributed by atoms with Gasteiger partial charge in [0.1, 0.15) is 5.82 Å². The second kappa shape index (κ2) is 19.6. The minimum Gasteiger partial charge on any atom is -0.509 e. The van der Waals surface area contributed by atoms with Crippen LogP contribution in [0.5, 0.6) is 11.5 Å². The summed E-state index contributed by atoms with van der Waals surface area (Å²) >= 11 is 0. The molecule has 0 saturated heterocycles. The monoisotopic (exact) mass is 1090 g/mol. The normalized spacial score (nSPS) is 12.6. The molecule has 0 amide bonds. The standard InChI is InChI=1S/C70H56N5O.Pd/c1-69(2,3)51-36-34-48(35-37-51)57-29-19-30-58(50-23-17-22-49(42-50)47-20-9-7-10-21-47)66(57)73-46-72(62-32-15-16-33-63(62)73)54-26-18-27-55(44-54)76-56-38-39-60-64(45-56)75(65-43-52(40-41-71-65)70(4,5)6)68-59-28-13-14-31-61(59)74(67(60)68)53-24-11-8-12-25-53;/h7-43,46H,1-6H3;/q-3;. The predicted molar refractivity (Wildman–Crippen MR) is 315 cm³/mol. The van der Waals surface area contributed by atoms with Crippen LogP contribution in [0.25, 0.3) is 77.7 Å². The molecule has 77 heavy (non-hydrogen) atoms. The minimum absolute atomic E-state index is 0. The van der Waals surface area contributed by atoms with Gasteiger partial charge in [-0.1, -0.05) is 192 Å².